The smallest absolute Gasteiger partial charge is 0.410 e. The SMILES string of the molecule is FC1COB(B2OCC(F)CO2)OC1. The first-order valence-electron chi connectivity index (χ1n) is 4.50. The highest BCUT2D eigenvalue weighted by atomic mass is 19.1. The van der Waals surface area contributed by atoms with E-state index in [4.69, 9.17) is 18.6 Å². The molecule has 78 valence electrons. The van der Waals surface area contributed by atoms with E-state index in [1.807, 2.05) is 0 Å². The van der Waals surface area contributed by atoms with Gasteiger partial charge in [0.05, 0.1) is 26.4 Å². The highest BCUT2D eigenvalue weighted by molar-refractivity contribution is 7.10. The predicted molar refractivity (Wildman–Crippen MR) is 45.1 cm³/mol. The van der Waals surface area contributed by atoms with E-state index in [0.717, 1.165) is 0 Å². The van der Waals surface area contributed by atoms with E-state index >= 15 is 0 Å². The molecule has 0 aromatic rings. The van der Waals surface area contributed by atoms with Crippen LogP contribution in [0, 0.1) is 0 Å². The van der Waals surface area contributed by atoms with Gasteiger partial charge in [0.15, 0.2) is 0 Å². The summed E-state index contributed by atoms with van der Waals surface area (Å²) in [4.78, 5) is 0. The first kappa shape index (κ1) is 10.4. The van der Waals surface area contributed by atoms with Gasteiger partial charge in [-0.1, -0.05) is 0 Å². The Balaban J connectivity index is 1.78. The van der Waals surface area contributed by atoms with Gasteiger partial charge in [-0.3, -0.25) is 0 Å². The van der Waals surface area contributed by atoms with Crippen molar-refractivity contribution in [3.63, 3.8) is 0 Å². The molecule has 0 saturated carbocycles. The van der Waals surface area contributed by atoms with Crippen molar-refractivity contribution in [2.45, 2.75) is 12.3 Å². The Labute approximate surface area is 81.1 Å². The number of rotatable bonds is 1. The molecule has 0 atom stereocenters. The van der Waals surface area contributed by atoms with Gasteiger partial charge in [-0.2, -0.15) is 0 Å². The number of hydrogen-bond acceptors (Lipinski definition) is 4. The predicted octanol–water partition coefficient (Wildman–Crippen LogP) is -0.189. The average Bonchev–Trinajstić information content (AvgIpc) is 2.21. The lowest BCUT2D eigenvalue weighted by atomic mass is 9.48. The van der Waals surface area contributed by atoms with Crippen LogP contribution in [0.1, 0.15) is 0 Å². The van der Waals surface area contributed by atoms with Crippen LogP contribution >= 0.6 is 0 Å². The third-order valence-electron chi connectivity index (χ3n) is 1.99. The topological polar surface area (TPSA) is 36.9 Å². The number of halogens is 2. The lowest BCUT2D eigenvalue weighted by Gasteiger charge is -2.29. The lowest BCUT2D eigenvalue weighted by Crippen LogP contribution is -2.54. The van der Waals surface area contributed by atoms with E-state index in [-0.39, 0.29) is 26.4 Å². The highest BCUT2D eigenvalue weighted by Crippen LogP contribution is 2.13. The van der Waals surface area contributed by atoms with E-state index in [0.29, 0.717) is 0 Å². The molecule has 14 heavy (non-hydrogen) atoms. The molecule has 0 spiro atoms. The van der Waals surface area contributed by atoms with Crippen molar-refractivity contribution >= 4 is 14.0 Å². The summed E-state index contributed by atoms with van der Waals surface area (Å²) < 4.78 is 45.2. The van der Waals surface area contributed by atoms with E-state index in [2.05, 4.69) is 0 Å². The van der Waals surface area contributed by atoms with Crippen LogP contribution in [-0.2, 0) is 18.6 Å². The van der Waals surface area contributed by atoms with Crippen LogP contribution in [0.5, 0.6) is 0 Å². The zero-order valence-electron chi connectivity index (χ0n) is 7.53. The van der Waals surface area contributed by atoms with Gasteiger partial charge in [0, 0.05) is 0 Å². The van der Waals surface area contributed by atoms with Crippen LogP contribution in [0.25, 0.3) is 0 Å². The van der Waals surface area contributed by atoms with Gasteiger partial charge in [-0.15, -0.1) is 0 Å². The summed E-state index contributed by atoms with van der Waals surface area (Å²) >= 11 is 0. The average molecular weight is 206 g/mol. The van der Waals surface area contributed by atoms with Gasteiger partial charge in [0.25, 0.3) is 0 Å². The Morgan fingerprint density at radius 2 is 1.00 bits per heavy atom. The second kappa shape index (κ2) is 4.57. The van der Waals surface area contributed by atoms with Crippen LogP contribution in [0.15, 0.2) is 0 Å². The van der Waals surface area contributed by atoms with Crippen molar-refractivity contribution in [2.75, 3.05) is 26.4 Å². The number of hydrogen-bond donors (Lipinski definition) is 0. The second-order valence-electron chi connectivity index (χ2n) is 3.26. The Hall–Kier alpha value is -0.170. The summed E-state index contributed by atoms with van der Waals surface area (Å²) in [6.07, 6.45) is -2.22. The first-order chi connectivity index (χ1) is 6.75. The molecule has 0 radical (unpaired) electrons. The van der Waals surface area contributed by atoms with E-state index in [1.54, 1.807) is 0 Å². The quantitative estimate of drug-likeness (QED) is 0.557. The Bertz CT molecular complexity index is 163. The third kappa shape index (κ3) is 2.44. The summed E-state index contributed by atoms with van der Waals surface area (Å²) in [6, 6.07) is 0. The fraction of sp³-hybridized carbons (Fsp3) is 1.00. The molecule has 8 heteroatoms. The second-order valence-corrected chi connectivity index (χ2v) is 3.26. The van der Waals surface area contributed by atoms with Crippen molar-refractivity contribution < 1.29 is 27.4 Å². The van der Waals surface area contributed by atoms with Gasteiger partial charge in [-0.25, -0.2) is 8.78 Å². The molecule has 0 N–H and O–H groups in total. The molecule has 2 heterocycles. The molecule has 0 aromatic carbocycles. The Kier molecular flexibility index (Phi) is 3.38. The molecule has 4 nitrogen and oxygen atoms in total. The van der Waals surface area contributed by atoms with Crippen molar-refractivity contribution in [1.82, 2.24) is 0 Å². The monoisotopic (exact) mass is 206 g/mol. The molecular formula is C6H10B2F2O4. The van der Waals surface area contributed by atoms with E-state index in [1.165, 1.54) is 0 Å². The maximum atomic E-state index is 12.6. The van der Waals surface area contributed by atoms with Crippen molar-refractivity contribution in [2.24, 2.45) is 0 Å². The largest absolute Gasteiger partial charge is 0.488 e. The van der Waals surface area contributed by atoms with Crippen LogP contribution in [-0.4, -0.2) is 52.8 Å². The minimum atomic E-state index is -1.11. The molecule has 0 aliphatic carbocycles. The zero-order valence-corrected chi connectivity index (χ0v) is 7.53. The minimum Gasteiger partial charge on any atom is -0.410 e. The van der Waals surface area contributed by atoms with Crippen LogP contribution < -0.4 is 0 Å². The van der Waals surface area contributed by atoms with Gasteiger partial charge < -0.3 is 18.6 Å². The Morgan fingerprint density at radius 3 is 1.29 bits per heavy atom. The minimum absolute atomic E-state index is 0.0348. The highest BCUT2D eigenvalue weighted by Gasteiger charge is 2.45. The summed E-state index contributed by atoms with van der Waals surface area (Å²) in [7, 11) is -1.48. The summed E-state index contributed by atoms with van der Waals surface area (Å²) in [5.41, 5.74) is 0. The van der Waals surface area contributed by atoms with Crippen LogP contribution in [0.3, 0.4) is 0 Å². The molecule has 2 aliphatic heterocycles. The van der Waals surface area contributed by atoms with Gasteiger partial charge in [0.2, 0.25) is 0 Å². The van der Waals surface area contributed by atoms with Crippen LogP contribution in [0.2, 0.25) is 0 Å². The zero-order chi connectivity index (χ0) is 9.97. The van der Waals surface area contributed by atoms with Crippen molar-refractivity contribution in [3.8, 4) is 0 Å². The molecule has 0 aromatic heterocycles. The fourth-order valence-electron chi connectivity index (χ4n) is 1.30. The molecule has 2 rings (SSSR count). The molecular weight excluding hydrogens is 196 g/mol. The molecule has 0 bridgehead atoms. The number of alkyl halides is 2. The lowest BCUT2D eigenvalue weighted by molar-refractivity contribution is 0.0333. The molecule has 2 aliphatic rings. The molecule has 0 unspecified atom stereocenters. The fourth-order valence-corrected chi connectivity index (χ4v) is 1.30. The van der Waals surface area contributed by atoms with Gasteiger partial charge in [-0.05, 0) is 0 Å². The summed E-state index contributed by atoms with van der Waals surface area (Å²) in [5.74, 6) is 0. The standard InChI is InChI=1S/C6H10B2F2O4/c9-5-1-11-7(12-2-5)8-13-3-6(10)4-14-8/h5-6H,1-4H2. The van der Waals surface area contributed by atoms with Gasteiger partial charge >= 0.3 is 14.0 Å². The molecule has 0 amide bonds. The van der Waals surface area contributed by atoms with E-state index < -0.39 is 26.4 Å². The molecule has 2 fully saturated rings. The third-order valence-corrected chi connectivity index (χ3v) is 1.99. The maximum absolute atomic E-state index is 12.6. The Morgan fingerprint density at radius 1 is 0.714 bits per heavy atom. The maximum Gasteiger partial charge on any atom is 0.488 e. The normalized spacial score (nSPS) is 27.0. The van der Waals surface area contributed by atoms with Gasteiger partial charge in [0.1, 0.15) is 12.3 Å². The molecule has 2 saturated heterocycles. The first-order valence-corrected chi connectivity index (χ1v) is 4.50. The van der Waals surface area contributed by atoms with Crippen LogP contribution in [0.4, 0.5) is 8.78 Å². The van der Waals surface area contributed by atoms with Crippen molar-refractivity contribution in [3.05, 3.63) is 0 Å². The summed E-state index contributed by atoms with van der Waals surface area (Å²) in [5, 5.41) is 0. The van der Waals surface area contributed by atoms with Crippen molar-refractivity contribution in [1.29, 1.82) is 0 Å². The summed E-state index contributed by atoms with van der Waals surface area (Å²) in [6.45, 7) is -0.139. The van der Waals surface area contributed by atoms with E-state index in [9.17, 15) is 8.78 Å².